The van der Waals surface area contributed by atoms with Gasteiger partial charge in [0.2, 0.25) is 17.7 Å². The van der Waals surface area contributed by atoms with Gasteiger partial charge in [-0.3, -0.25) is 4.90 Å². The second-order valence-electron chi connectivity index (χ2n) is 6.38. The second-order valence-corrected chi connectivity index (χ2v) is 6.38. The maximum atomic E-state index is 5.82. The number of hydrogen-bond donors (Lipinski definition) is 0. The number of hydrogen-bond acceptors (Lipinski definition) is 7. The van der Waals surface area contributed by atoms with E-state index in [9.17, 15) is 0 Å². The van der Waals surface area contributed by atoms with Crippen molar-refractivity contribution in [3.8, 4) is 0 Å². The summed E-state index contributed by atoms with van der Waals surface area (Å²) in [7, 11) is 0. The molecule has 0 saturated carbocycles. The molecule has 1 unspecified atom stereocenters. The molecule has 0 amide bonds. The maximum Gasteiger partial charge on any atom is 0.233 e. The number of piperazine rings is 1. The maximum absolute atomic E-state index is 5.82. The number of rotatable bonds is 5. The van der Waals surface area contributed by atoms with Crippen LogP contribution < -0.4 is 4.90 Å². The summed E-state index contributed by atoms with van der Waals surface area (Å²) in [6.07, 6.45) is 4.40. The van der Waals surface area contributed by atoms with Crippen molar-refractivity contribution in [3.63, 3.8) is 0 Å². The van der Waals surface area contributed by atoms with E-state index in [-0.39, 0.29) is 6.04 Å². The van der Waals surface area contributed by atoms with Gasteiger partial charge in [-0.25, -0.2) is 9.97 Å². The van der Waals surface area contributed by atoms with Crippen LogP contribution in [0.5, 0.6) is 0 Å². The third-order valence-corrected chi connectivity index (χ3v) is 4.12. The van der Waals surface area contributed by atoms with Gasteiger partial charge in [0, 0.05) is 45.0 Å². The summed E-state index contributed by atoms with van der Waals surface area (Å²) >= 11 is 0. The molecular weight excluding hydrogens is 292 g/mol. The van der Waals surface area contributed by atoms with E-state index < -0.39 is 0 Å². The van der Waals surface area contributed by atoms with Gasteiger partial charge in [0.25, 0.3) is 0 Å². The van der Waals surface area contributed by atoms with Crippen LogP contribution in [-0.2, 0) is 6.42 Å². The summed E-state index contributed by atoms with van der Waals surface area (Å²) in [4.78, 5) is 13.2. The fourth-order valence-corrected chi connectivity index (χ4v) is 2.79. The first-order valence-corrected chi connectivity index (χ1v) is 8.21. The van der Waals surface area contributed by atoms with E-state index >= 15 is 0 Å². The highest BCUT2D eigenvalue weighted by molar-refractivity contribution is 5.29. The summed E-state index contributed by atoms with van der Waals surface area (Å²) in [5, 5.41) is 8.39. The molecule has 1 aliphatic rings. The number of nitrogens with zero attached hydrogens (tertiary/aromatic N) is 6. The molecule has 0 aromatic carbocycles. The fourth-order valence-electron chi connectivity index (χ4n) is 2.79. The topological polar surface area (TPSA) is 71.2 Å². The predicted octanol–water partition coefficient (Wildman–Crippen LogP) is 1.94. The molecule has 23 heavy (non-hydrogen) atoms. The van der Waals surface area contributed by atoms with E-state index in [2.05, 4.69) is 50.7 Å². The highest BCUT2D eigenvalue weighted by atomic mass is 16.4. The lowest BCUT2D eigenvalue weighted by Crippen LogP contribution is -2.47. The Kier molecular flexibility index (Phi) is 4.85. The summed E-state index contributed by atoms with van der Waals surface area (Å²) < 4.78 is 5.82. The molecular formula is C16H24N6O. The van der Waals surface area contributed by atoms with E-state index in [4.69, 9.17) is 4.42 Å². The van der Waals surface area contributed by atoms with Gasteiger partial charge in [0.1, 0.15) is 0 Å². The van der Waals surface area contributed by atoms with Gasteiger partial charge in [-0.2, -0.15) is 0 Å². The molecule has 3 heterocycles. The zero-order valence-electron chi connectivity index (χ0n) is 14.0. The Morgan fingerprint density at radius 1 is 1.04 bits per heavy atom. The SMILES string of the molecule is CC(C)Cc1nnc(C(C)N2CCN(c3ncccn3)CC2)o1. The smallest absolute Gasteiger partial charge is 0.233 e. The summed E-state index contributed by atoms with van der Waals surface area (Å²) in [5.41, 5.74) is 0. The van der Waals surface area contributed by atoms with Gasteiger partial charge in [-0.15, -0.1) is 10.2 Å². The Morgan fingerprint density at radius 2 is 1.74 bits per heavy atom. The van der Waals surface area contributed by atoms with Gasteiger partial charge in [-0.1, -0.05) is 13.8 Å². The Hall–Kier alpha value is -2.02. The van der Waals surface area contributed by atoms with Crippen LogP contribution in [-0.4, -0.2) is 51.2 Å². The Labute approximate surface area is 136 Å². The van der Waals surface area contributed by atoms with E-state index in [1.54, 1.807) is 12.4 Å². The molecule has 124 valence electrons. The average molecular weight is 316 g/mol. The monoisotopic (exact) mass is 316 g/mol. The van der Waals surface area contributed by atoms with Crippen molar-refractivity contribution in [3.05, 3.63) is 30.2 Å². The minimum absolute atomic E-state index is 0.141. The van der Waals surface area contributed by atoms with Crippen molar-refractivity contribution in [2.45, 2.75) is 33.2 Å². The Bertz CT molecular complexity index is 606. The van der Waals surface area contributed by atoms with E-state index in [1.165, 1.54) is 0 Å². The third kappa shape index (κ3) is 3.85. The zero-order valence-corrected chi connectivity index (χ0v) is 14.0. The van der Waals surface area contributed by atoms with Crippen molar-refractivity contribution in [1.82, 2.24) is 25.1 Å². The zero-order chi connectivity index (χ0) is 16.2. The highest BCUT2D eigenvalue weighted by Crippen LogP contribution is 2.22. The van der Waals surface area contributed by atoms with Gasteiger partial charge in [-0.05, 0) is 18.9 Å². The second kappa shape index (κ2) is 7.04. The molecule has 2 aromatic heterocycles. The third-order valence-electron chi connectivity index (χ3n) is 4.12. The lowest BCUT2D eigenvalue weighted by molar-refractivity contribution is 0.170. The van der Waals surface area contributed by atoms with Crippen LogP contribution in [0.15, 0.2) is 22.9 Å². The van der Waals surface area contributed by atoms with Crippen LogP contribution in [0.3, 0.4) is 0 Å². The van der Waals surface area contributed by atoms with E-state index in [1.807, 2.05) is 6.07 Å². The molecule has 1 aliphatic heterocycles. The lowest BCUT2D eigenvalue weighted by Gasteiger charge is -2.36. The van der Waals surface area contributed by atoms with Gasteiger partial charge < -0.3 is 9.32 Å². The molecule has 3 rings (SSSR count). The Balaban J connectivity index is 1.57. The molecule has 1 saturated heterocycles. The molecule has 0 radical (unpaired) electrons. The summed E-state index contributed by atoms with van der Waals surface area (Å²) in [6, 6.07) is 1.98. The van der Waals surface area contributed by atoms with Crippen LogP contribution in [0.1, 0.15) is 38.6 Å². The van der Waals surface area contributed by atoms with Crippen LogP contribution in [0.25, 0.3) is 0 Å². The Morgan fingerprint density at radius 3 is 2.39 bits per heavy atom. The molecule has 0 spiro atoms. The number of aromatic nitrogens is 4. The molecule has 7 nitrogen and oxygen atoms in total. The van der Waals surface area contributed by atoms with Crippen molar-refractivity contribution in [2.75, 3.05) is 31.1 Å². The van der Waals surface area contributed by atoms with Crippen LogP contribution >= 0.6 is 0 Å². The number of anilines is 1. The summed E-state index contributed by atoms with van der Waals surface area (Å²) in [6.45, 7) is 10.1. The fraction of sp³-hybridized carbons (Fsp3) is 0.625. The quantitative estimate of drug-likeness (QED) is 0.834. The first-order chi connectivity index (χ1) is 11.1. The van der Waals surface area contributed by atoms with Crippen molar-refractivity contribution >= 4 is 5.95 Å². The van der Waals surface area contributed by atoms with Crippen molar-refractivity contribution in [1.29, 1.82) is 0 Å². The van der Waals surface area contributed by atoms with Gasteiger partial charge in [0.15, 0.2) is 0 Å². The van der Waals surface area contributed by atoms with Crippen LogP contribution in [0.4, 0.5) is 5.95 Å². The minimum atomic E-state index is 0.141. The van der Waals surface area contributed by atoms with Gasteiger partial charge >= 0.3 is 0 Å². The average Bonchev–Trinajstić information content (AvgIpc) is 3.03. The lowest BCUT2D eigenvalue weighted by atomic mass is 10.1. The molecule has 0 N–H and O–H groups in total. The van der Waals surface area contributed by atoms with Crippen molar-refractivity contribution in [2.24, 2.45) is 5.92 Å². The van der Waals surface area contributed by atoms with Crippen molar-refractivity contribution < 1.29 is 4.42 Å². The van der Waals surface area contributed by atoms with E-state index in [0.29, 0.717) is 11.8 Å². The standard InChI is InChI=1S/C16H24N6O/c1-12(2)11-14-19-20-15(23-14)13(3)21-7-9-22(10-8-21)16-17-5-4-6-18-16/h4-6,12-13H,7-11H2,1-3H3. The van der Waals surface area contributed by atoms with E-state index in [0.717, 1.165) is 44.4 Å². The molecule has 1 atom stereocenters. The predicted molar refractivity (Wildman–Crippen MR) is 87.1 cm³/mol. The molecule has 0 aliphatic carbocycles. The first kappa shape index (κ1) is 15.9. The molecule has 2 aromatic rings. The molecule has 0 bridgehead atoms. The molecule has 7 heteroatoms. The minimum Gasteiger partial charge on any atom is -0.424 e. The van der Waals surface area contributed by atoms with Gasteiger partial charge in [0.05, 0.1) is 6.04 Å². The molecule has 1 fully saturated rings. The largest absolute Gasteiger partial charge is 0.424 e. The van der Waals surface area contributed by atoms with Crippen LogP contribution in [0, 0.1) is 5.92 Å². The summed E-state index contributed by atoms with van der Waals surface area (Å²) in [5.74, 6) is 2.77. The highest BCUT2D eigenvalue weighted by Gasteiger charge is 2.26. The van der Waals surface area contributed by atoms with Crippen LogP contribution in [0.2, 0.25) is 0 Å². The normalized spacial score (nSPS) is 17.7. The first-order valence-electron chi connectivity index (χ1n) is 8.21.